The van der Waals surface area contributed by atoms with Gasteiger partial charge in [-0.25, -0.2) is 4.98 Å². The van der Waals surface area contributed by atoms with E-state index in [-0.39, 0.29) is 15.0 Å². The number of alkyl halides is 3. The fourth-order valence-electron chi connectivity index (χ4n) is 0.759. The molecule has 1 aromatic heterocycles. The van der Waals surface area contributed by atoms with Gasteiger partial charge in [0.05, 0.1) is 9.26 Å². The van der Waals surface area contributed by atoms with Gasteiger partial charge in [0.2, 0.25) is 5.88 Å². The second-order valence-corrected chi connectivity index (χ2v) is 3.45. The van der Waals surface area contributed by atoms with Crippen molar-refractivity contribution in [3.63, 3.8) is 0 Å². The quantitative estimate of drug-likeness (QED) is 0.801. The molecule has 0 aliphatic rings. The topological polar surface area (TPSA) is 71.9 Å². The molecule has 2 N–H and O–H groups in total. The van der Waals surface area contributed by atoms with Gasteiger partial charge in [0.15, 0.2) is 0 Å². The summed E-state index contributed by atoms with van der Waals surface area (Å²) in [7, 11) is 0. The van der Waals surface area contributed by atoms with Crippen LogP contribution in [-0.2, 0) is 0 Å². The summed E-state index contributed by atoms with van der Waals surface area (Å²) in [4.78, 5) is 3.35. The number of nitriles is 1. The maximum atomic E-state index is 11.9. The molecule has 0 unspecified atom stereocenters. The van der Waals surface area contributed by atoms with Crippen molar-refractivity contribution in [3.05, 3.63) is 15.3 Å². The van der Waals surface area contributed by atoms with Crippen molar-refractivity contribution in [2.45, 2.75) is 6.36 Å². The van der Waals surface area contributed by atoms with E-state index in [1.54, 1.807) is 28.7 Å². The molecule has 0 spiro atoms. The Hall–Kier alpha value is -1.24. The Morgan fingerprint density at radius 2 is 2.13 bits per heavy atom. The number of aromatic nitrogens is 1. The molecule has 0 atom stereocenters. The average molecular weight is 329 g/mol. The predicted molar refractivity (Wildman–Crippen MR) is 52.8 cm³/mol. The van der Waals surface area contributed by atoms with Crippen LogP contribution in [0.15, 0.2) is 6.07 Å². The van der Waals surface area contributed by atoms with Gasteiger partial charge in [0, 0.05) is 0 Å². The number of nitrogens with zero attached hydrogens (tertiary/aromatic N) is 2. The molecule has 0 aromatic carbocycles. The predicted octanol–water partition coefficient (Wildman–Crippen LogP) is 2.04. The molecule has 15 heavy (non-hydrogen) atoms. The molecule has 0 aliphatic carbocycles. The Morgan fingerprint density at radius 3 is 2.60 bits per heavy atom. The zero-order chi connectivity index (χ0) is 11.6. The van der Waals surface area contributed by atoms with Gasteiger partial charge in [-0.2, -0.15) is 5.26 Å². The highest BCUT2D eigenvalue weighted by atomic mass is 127. The number of nitrogens with two attached hydrogens (primary N) is 1. The minimum absolute atomic E-state index is 0.0152. The lowest BCUT2D eigenvalue weighted by atomic mass is 10.3. The fourth-order valence-corrected chi connectivity index (χ4v) is 1.15. The van der Waals surface area contributed by atoms with Crippen molar-refractivity contribution in [2.75, 3.05) is 5.73 Å². The Bertz CT molecular complexity index is 427. The number of hydrogen-bond donors (Lipinski definition) is 1. The van der Waals surface area contributed by atoms with Crippen molar-refractivity contribution in [3.8, 4) is 11.9 Å². The second-order valence-electron chi connectivity index (χ2n) is 2.38. The van der Waals surface area contributed by atoms with Crippen LogP contribution in [0.3, 0.4) is 0 Å². The van der Waals surface area contributed by atoms with E-state index in [9.17, 15) is 13.2 Å². The summed E-state index contributed by atoms with van der Waals surface area (Å²) in [5.41, 5.74) is 5.16. The molecule has 1 rings (SSSR count). The van der Waals surface area contributed by atoms with Gasteiger partial charge in [-0.15, -0.1) is 13.2 Å². The number of halogens is 4. The summed E-state index contributed by atoms with van der Waals surface area (Å²) in [6.07, 6.45) is -4.85. The van der Waals surface area contributed by atoms with Crippen LogP contribution < -0.4 is 10.5 Å². The van der Waals surface area contributed by atoms with Crippen LogP contribution in [-0.4, -0.2) is 11.3 Å². The lowest BCUT2D eigenvalue weighted by Crippen LogP contribution is -2.19. The van der Waals surface area contributed by atoms with Gasteiger partial charge in [-0.3, -0.25) is 0 Å². The van der Waals surface area contributed by atoms with Crippen LogP contribution in [0.25, 0.3) is 0 Å². The number of hydrogen-bond acceptors (Lipinski definition) is 4. The molecule has 0 radical (unpaired) electrons. The van der Waals surface area contributed by atoms with E-state index >= 15 is 0 Å². The number of pyridine rings is 1. The van der Waals surface area contributed by atoms with E-state index < -0.39 is 12.2 Å². The first-order chi connectivity index (χ1) is 6.83. The fraction of sp³-hybridized carbons (Fsp3) is 0.143. The highest BCUT2D eigenvalue weighted by molar-refractivity contribution is 14.1. The van der Waals surface area contributed by atoms with Crippen molar-refractivity contribution in [1.29, 1.82) is 5.26 Å². The van der Waals surface area contributed by atoms with Crippen molar-refractivity contribution < 1.29 is 17.9 Å². The zero-order valence-electron chi connectivity index (χ0n) is 6.97. The van der Waals surface area contributed by atoms with Gasteiger partial charge >= 0.3 is 6.36 Å². The van der Waals surface area contributed by atoms with Gasteiger partial charge in [0.25, 0.3) is 0 Å². The molecule has 0 saturated carbocycles. The van der Waals surface area contributed by atoms with E-state index in [1.165, 1.54) is 6.07 Å². The van der Waals surface area contributed by atoms with Crippen LogP contribution >= 0.6 is 22.6 Å². The number of nitrogen functional groups attached to an aromatic ring is 1. The van der Waals surface area contributed by atoms with Crippen LogP contribution in [0.1, 0.15) is 5.69 Å². The van der Waals surface area contributed by atoms with E-state index in [4.69, 9.17) is 11.0 Å². The van der Waals surface area contributed by atoms with Crippen LogP contribution in [0, 0.1) is 14.9 Å². The molecule has 80 valence electrons. The van der Waals surface area contributed by atoms with Crippen molar-refractivity contribution in [1.82, 2.24) is 4.98 Å². The van der Waals surface area contributed by atoms with Crippen molar-refractivity contribution >= 4 is 28.3 Å². The van der Waals surface area contributed by atoms with E-state index in [1.807, 2.05) is 0 Å². The standard InChI is InChI=1S/C7H3F3IN3O/c8-7(9,10)15-6-5(11)4(13)1-3(2-12)14-6/h1H,(H2,13,14). The van der Waals surface area contributed by atoms with Crippen LogP contribution in [0.5, 0.6) is 5.88 Å². The number of anilines is 1. The summed E-state index contributed by atoms with van der Waals surface area (Å²) in [6.45, 7) is 0. The zero-order valence-corrected chi connectivity index (χ0v) is 9.13. The molecule has 0 amide bonds. The summed E-state index contributed by atoms with van der Waals surface area (Å²) < 4.78 is 39.3. The smallest absolute Gasteiger partial charge is 0.398 e. The molecule has 8 heteroatoms. The third-order valence-electron chi connectivity index (χ3n) is 1.28. The Labute approximate surface area is 96.0 Å². The maximum Gasteiger partial charge on any atom is 0.574 e. The van der Waals surface area contributed by atoms with E-state index in [0.717, 1.165) is 0 Å². The third-order valence-corrected chi connectivity index (χ3v) is 2.37. The molecule has 4 nitrogen and oxygen atoms in total. The number of rotatable bonds is 1. The first-order valence-corrected chi connectivity index (χ1v) is 4.53. The number of ether oxygens (including phenoxy) is 1. The highest BCUT2D eigenvalue weighted by Crippen LogP contribution is 2.29. The van der Waals surface area contributed by atoms with Crippen LogP contribution in [0.2, 0.25) is 0 Å². The summed E-state index contributed by atoms with van der Waals surface area (Å²) >= 11 is 1.56. The molecular weight excluding hydrogens is 326 g/mol. The normalized spacial score (nSPS) is 10.9. The lowest BCUT2D eigenvalue weighted by Gasteiger charge is -2.10. The van der Waals surface area contributed by atoms with Gasteiger partial charge < -0.3 is 10.5 Å². The maximum absolute atomic E-state index is 11.9. The van der Waals surface area contributed by atoms with Gasteiger partial charge in [0.1, 0.15) is 11.8 Å². The van der Waals surface area contributed by atoms with Gasteiger partial charge in [-0.05, 0) is 28.7 Å². The molecule has 0 bridgehead atoms. The Balaban J connectivity index is 3.18. The molecule has 1 heterocycles. The van der Waals surface area contributed by atoms with Gasteiger partial charge in [-0.1, -0.05) is 0 Å². The minimum Gasteiger partial charge on any atom is -0.398 e. The summed E-state index contributed by atoms with van der Waals surface area (Å²) in [5.74, 6) is -0.709. The first-order valence-electron chi connectivity index (χ1n) is 3.45. The summed E-state index contributed by atoms with van der Waals surface area (Å²) in [6, 6.07) is 2.75. The monoisotopic (exact) mass is 329 g/mol. The molecule has 0 fully saturated rings. The second kappa shape index (κ2) is 4.09. The molecule has 0 saturated heterocycles. The molecule has 0 aliphatic heterocycles. The first kappa shape index (κ1) is 11.8. The Kier molecular flexibility index (Phi) is 3.23. The minimum atomic E-state index is -4.85. The highest BCUT2D eigenvalue weighted by Gasteiger charge is 2.33. The Morgan fingerprint density at radius 1 is 1.53 bits per heavy atom. The van der Waals surface area contributed by atoms with E-state index in [0.29, 0.717) is 0 Å². The van der Waals surface area contributed by atoms with E-state index in [2.05, 4.69) is 9.72 Å². The van der Waals surface area contributed by atoms with Crippen LogP contribution in [0.4, 0.5) is 18.9 Å². The SMILES string of the molecule is N#Cc1cc(N)c(I)c(OC(F)(F)F)n1. The average Bonchev–Trinajstić information content (AvgIpc) is 2.10. The molecular formula is C7H3F3IN3O. The molecule has 1 aromatic rings. The lowest BCUT2D eigenvalue weighted by molar-refractivity contribution is -0.276. The van der Waals surface area contributed by atoms with Crippen molar-refractivity contribution in [2.24, 2.45) is 0 Å². The summed E-state index contributed by atoms with van der Waals surface area (Å²) in [5, 5.41) is 8.47. The third kappa shape index (κ3) is 3.12. The largest absolute Gasteiger partial charge is 0.574 e.